The van der Waals surface area contributed by atoms with Crippen molar-refractivity contribution in [2.24, 2.45) is 0 Å². The lowest BCUT2D eigenvalue weighted by Crippen LogP contribution is -2.28. The number of rotatable bonds is 5. The van der Waals surface area contributed by atoms with Crippen molar-refractivity contribution >= 4 is 5.97 Å². The Balaban J connectivity index is 1.86. The first-order valence-corrected chi connectivity index (χ1v) is 7.30. The van der Waals surface area contributed by atoms with Crippen LogP contribution in [0.15, 0.2) is 28.8 Å². The molecule has 122 valence electrons. The Hall–Kier alpha value is -2.54. The van der Waals surface area contributed by atoms with Gasteiger partial charge in [-0.3, -0.25) is 0 Å². The van der Waals surface area contributed by atoms with Crippen molar-refractivity contribution in [3.05, 3.63) is 30.0 Å². The van der Waals surface area contributed by atoms with Crippen LogP contribution in [0.3, 0.4) is 0 Å². The summed E-state index contributed by atoms with van der Waals surface area (Å²) in [4.78, 5) is 10.9. The Kier molecular flexibility index (Phi) is 4.47. The van der Waals surface area contributed by atoms with Crippen LogP contribution in [-0.4, -0.2) is 42.7 Å². The van der Waals surface area contributed by atoms with E-state index in [0.717, 1.165) is 19.4 Å². The molecule has 0 aliphatic carbocycles. The van der Waals surface area contributed by atoms with Gasteiger partial charge in [-0.1, -0.05) is 5.16 Å². The van der Waals surface area contributed by atoms with E-state index in [9.17, 15) is 4.79 Å². The molecule has 7 heteroatoms. The lowest BCUT2D eigenvalue weighted by atomic mass is 10.1. The van der Waals surface area contributed by atoms with Gasteiger partial charge in [0.05, 0.1) is 13.7 Å². The summed E-state index contributed by atoms with van der Waals surface area (Å²) in [7, 11) is 1.57. The molecule has 2 aromatic rings. The van der Waals surface area contributed by atoms with Gasteiger partial charge in [0.15, 0.2) is 11.5 Å². The molecule has 1 saturated heterocycles. The maximum atomic E-state index is 10.9. The number of carboxylic acids is 1. The zero-order valence-corrected chi connectivity index (χ0v) is 12.7. The number of aromatic nitrogens is 1. The third-order valence-electron chi connectivity index (χ3n) is 3.59. The highest BCUT2D eigenvalue weighted by Crippen LogP contribution is 2.33. The summed E-state index contributed by atoms with van der Waals surface area (Å²) in [5.41, 5.74) is 1.11. The van der Waals surface area contributed by atoms with E-state index in [-0.39, 0.29) is 11.9 Å². The smallest absolute Gasteiger partial charge is 0.374 e. The van der Waals surface area contributed by atoms with Crippen molar-refractivity contribution in [1.29, 1.82) is 0 Å². The number of benzene rings is 1. The van der Waals surface area contributed by atoms with Gasteiger partial charge in [0, 0.05) is 18.2 Å². The zero-order valence-electron chi connectivity index (χ0n) is 12.7. The molecule has 1 aromatic carbocycles. The first kappa shape index (κ1) is 15.4. The Morgan fingerprint density at radius 3 is 2.87 bits per heavy atom. The van der Waals surface area contributed by atoms with Crippen molar-refractivity contribution in [3.63, 3.8) is 0 Å². The monoisotopic (exact) mass is 319 g/mol. The van der Waals surface area contributed by atoms with Gasteiger partial charge in [0.2, 0.25) is 5.76 Å². The standard InChI is InChI=1S/C16H17NO6/c1-20-13-5-4-10(12-8-15(16(18)19)23-17-12)7-14(13)22-11-3-2-6-21-9-11/h4-5,7-8,11H,2-3,6,9H2,1H3,(H,18,19). The fourth-order valence-electron chi connectivity index (χ4n) is 2.42. The molecule has 1 aliphatic heterocycles. The summed E-state index contributed by atoms with van der Waals surface area (Å²) in [6, 6.07) is 6.66. The van der Waals surface area contributed by atoms with Crippen molar-refractivity contribution in [1.82, 2.24) is 5.16 Å². The largest absolute Gasteiger partial charge is 0.493 e. The topological polar surface area (TPSA) is 91.0 Å². The van der Waals surface area contributed by atoms with Crippen LogP contribution in [0.4, 0.5) is 0 Å². The van der Waals surface area contributed by atoms with Crippen molar-refractivity contribution in [2.45, 2.75) is 18.9 Å². The van der Waals surface area contributed by atoms with Crippen LogP contribution in [-0.2, 0) is 4.74 Å². The summed E-state index contributed by atoms with van der Waals surface area (Å²) >= 11 is 0. The number of hydrogen-bond acceptors (Lipinski definition) is 6. The van der Waals surface area contributed by atoms with Crippen molar-refractivity contribution in [3.8, 4) is 22.8 Å². The second-order valence-electron chi connectivity index (χ2n) is 5.20. The van der Waals surface area contributed by atoms with Gasteiger partial charge in [0.25, 0.3) is 0 Å². The normalized spacial score (nSPS) is 17.7. The molecule has 0 radical (unpaired) electrons. The van der Waals surface area contributed by atoms with Gasteiger partial charge in [-0.25, -0.2) is 4.79 Å². The molecule has 1 unspecified atom stereocenters. The maximum Gasteiger partial charge on any atom is 0.374 e. The molecule has 2 heterocycles. The van der Waals surface area contributed by atoms with Crippen LogP contribution < -0.4 is 9.47 Å². The van der Waals surface area contributed by atoms with Crippen molar-refractivity contribution in [2.75, 3.05) is 20.3 Å². The Morgan fingerprint density at radius 2 is 2.22 bits per heavy atom. The summed E-state index contributed by atoms with van der Waals surface area (Å²) in [5, 5.41) is 12.7. The zero-order chi connectivity index (χ0) is 16.2. The van der Waals surface area contributed by atoms with E-state index in [1.165, 1.54) is 6.07 Å². The van der Waals surface area contributed by atoms with E-state index in [0.29, 0.717) is 29.4 Å². The predicted octanol–water partition coefficient (Wildman–Crippen LogP) is 2.61. The van der Waals surface area contributed by atoms with E-state index in [1.807, 2.05) is 0 Å². The van der Waals surface area contributed by atoms with Crippen LogP contribution in [0.5, 0.6) is 11.5 Å². The molecule has 0 bridgehead atoms. The fourth-order valence-corrected chi connectivity index (χ4v) is 2.42. The van der Waals surface area contributed by atoms with E-state index in [2.05, 4.69) is 5.16 Å². The lowest BCUT2D eigenvalue weighted by Gasteiger charge is -2.24. The number of aromatic carboxylic acids is 1. The molecule has 0 amide bonds. The molecule has 1 N–H and O–H groups in total. The average molecular weight is 319 g/mol. The van der Waals surface area contributed by atoms with Gasteiger partial charge >= 0.3 is 5.97 Å². The van der Waals surface area contributed by atoms with Crippen LogP contribution in [0.1, 0.15) is 23.4 Å². The molecule has 23 heavy (non-hydrogen) atoms. The summed E-state index contributed by atoms with van der Waals surface area (Å²) in [5.74, 6) is -0.200. The molecule has 0 spiro atoms. The lowest BCUT2D eigenvalue weighted by molar-refractivity contribution is 0.00646. The van der Waals surface area contributed by atoms with E-state index in [1.54, 1.807) is 25.3 Å². The van der Waals surface area contributed by atoms with Gasteiger partial charge in [-0.2, -0.15) is 0 Å². The molecule has 1 aliphatic rings. The minimum absolute atomic E-state index is 0.0280. The minimum Gasteiger partial charge on any atom is -0.493 e. The number of methoxy groups -OCH3 is 1. The second-order valence-corrected chi connectivity index (χ2v) is 5.20. The van der Waals surface area contributed by atoms with Gasteiger partial charge in [0.1, 0.15) is 11.8 Å². The number of carbonyl (C=O) groups is 1. The van der Waals surface area contributed by atoms with Gasteiger partial charge in [-0.05, 0) is 31.0 Å². The molecular weight excluding hydrogens is 302 g/mol. The SMILES string of the molecule is COc1ccc(-c2cc(C(=O)O)on2)cc1OC1CCCOC1. The molecule has 7 nitrogen and oxygen atoms in total. The molecule has 3 rings (SSSR count). The van der Waals surface area contributed by atoms with Gasteiger partial charge < -0.3 is 23.8 Å². The third-order valence-corrected chi connectivity index (χ3v) is 3.59. The van der Waals surface area contributed by atoms with Crippen LogP contribution in [0.2, 0.25) is 0 Å². The first-order chi connectivity index (χ1) is 11.2. The molecule has 1 atom stereocenters. The summed E-state index contributed by atoms with van der Waals surface area (Å²) < 4.78 is 21.5. The number of ether oxygens (including phenoxy) is 3. The highest BCUT2D eigenvalue weighted by Gasteiger charge is 2.19. The van der Waals surface area contributed by atoms with Crippen LogP contribution in [0.25, 0.3) is 11.3 Å². The minimum atomic E-state index is -1.16. The second kappa shape index (κ2) is 6.70. The average Bonchev–Trinajstić information content (AvgIpc) is 3.06. The van der Waals surface area contributed by atoms with E-state index >= 15 is 0 Å². The number of hydrogen-bond donors (Lipinski definition) is 1. The predicted molar refractivity (Wildman–Crippen MR) is 79.9 cm³/mol. The number of carboxylic acid groups (broad SMARTS) is 1. The molecule has 1 fully saturated rings. The van der Waals surface area contributed by atoms with Gasteiger partial charge in [-0.15, -0.1) is 0 Å². The van der Waals surface area contributed by atoms with E-state index in [4.69, 9.17) is 23.8 Å². The van der Waals surface area contributed by atoms with Crippen LogP contribution in [0, 0.1) is 0 Å². The summed E-state index contributed by atoms with van der Waals surface area (Å²) in [6.45, 7) is 1.30. The highest BCUT2D eigenvalue weighted by molar-refractivity contribution is 5.85. The van der Waals surface area contributed by atoms with E-state index < -0.39 is 5.97 Å². The third kappa shape index (κ3) is 3.45. The Bertz CT molecular complexity index is 690. The number of nitrogens with zero attached hydrogens (tertiary/aromatic N) is 1. The Labute approximate surface area is 132 Å². The molecular formula is C16H17NO6. The fraction of sp³-hybridized carbons (Fsp3) is 0.375. The summed E-state index contributed by atoms with van der Waals surface area (Å²) in [6.07, 6.45) is 1.85. The molecule has 1 aromatic heterocycles. The Morgan fingerprint density at radius 1 is 1.35 bits per heavy atom. The van der Waals surface area contributed by atoms with Crippen LogP contribution >= 0.6 is 0 Å². The quantitative estimate of drug-likeness (QED) is 0.905. The first-order valence-electron chi connectivity index (χ1n) is 7.30. The van der Waals surface area contributed by atoms with Crippen molar-refractivity contribution < 1.29 is 28.6 Å². The highest BCUT2D eigenvalue weighted by atomic mass is 16.5. The maximum absolute atomic E-state index is 10.9. The molecule has 0 saturated carbocycles.